The normalized spacial score (nSPS) is 12.3. The van der Waals surface area contributed by atoms with Crippen LogP contribution in [0.25, 0.3) is 10.9 Å². The summed E-state index contributed by atoms with van der Waals surface area (Å²) in [6.07, 6.45) is 1.53. The van der Waals surface area contributed by atoms with Crippen LogP contribution in [0.3, 0.4) is 0 Å². The Bertz CT molecular complexity index is 1440. The molecule has 1 unspecified atom stereocenters. The van der Waals surface area contributed by atoms with E-state index >= 15 is 0 Å². The van der Waals surface area contributed by atoms with Crippen LogP contribution in [0, 0.1) is 0 Å². The van der Waals surface area contributed by atoms with Crippen LogP contribution in [0.4, 0.5) is 5.69 Å². The van der Waals surface area contributed by atoms with Crippen molar-refractivity contribution in [2.24, 2.45) is 10.7 Å². The molecule has 38 heavy (non-hydrogen) atoms. The van der Waals surface area contributed by atoms with Crippen LogP contribution in [-0.2, 0) is 9.53 Å². The number of hydrogen-bond donors (Lipinski definition) is 4. The SMILES string of the molecule is CCOC(=O)c1ccc2c(C(=Nc3ccc(C(N)CCCNC(C)=O)cc3)c3ccccc3)c(O)[nH]c2c1. The predicted octanol–water partition coefficient (Wildman–Crippen LogP) is 5.14. The van der Waals surface area contributed by atoms with Crippen molar-refractivity contribution >= 4 is 34.2 Å². The van der Waals surface area contributed by atoms with Gasteiger partial charge in [-0.3, -0.25) is 4.79 Å². The molecule has 1 heterocycles. The number of rotatable bonds is 10. The number of aliphatic imine (C=N–C) groups is 1. The van der Waals surface area contributed by atoms with Gasteiger partial charge in [-0.2, -0.15) is 0 Å². The van der Waals surface area contributed by atoms with E-state index in [1.54, 1.807) is 25.1 Å². The first-order valence-corrected chi connectivity index (χ1v) is 12.6. The summed E-state index contributed by atoms with van der Waals surface area (Å²) in [5, 5.41) is 14.5. The molecule has 1 aromatic heterocycles. The number of nitrogens with zero attached hydrogens (tertiary/aromatic N) is 1. The number of carbonyl (C=O) groups excluding carboxylic acids is 2. The number of fused-ring (bicyclic) bond motifs is 1. The molecule has 0 aliphatic rings. The third-order valence-electron chi connectivity index (χ3n) is 6.20. The van der Waals surface area contributed by atoms with E-state index in [1.807, 2.05) is 54.6 Å². The summed E-state index contributed by atoms with van der Waals surface area (Å²) in [6, 6.07) is 22.3. The molecule has 8 nitrogen and oxygen atoms in total. The van der Waals surface area contributed by atoms with Crippen molar-refractivity contribution in [2.75, 3.05) is 13.2 Å². The van der Waals surface area contributed by atoms with Crippen LogP contribution in [-0.4, -0.2) is 40.8 Å². The molecule has 0 saturated heterocycles. The van der Waals surface area contributed by atoms with Gasteiger partial charge in [0.25, 0.3) is 0 Å². The highest BCUT2D eigenvalue weighted by Gasteiger charge is 2.20. The number of carbonyl (C=O) groups is 2. The van der Waals surface area contributed by atoms with Crippen molar-refractivity contribution in [2.45, 2.75) is 32.7 Å². The number of H-pyrrole nitrogens is 1. The van der Waals surface area contributed by atoms with Crippen molar-refractivity contribution in [3.63, 3.8) is 0 Å². The largest absolute Gasteiger partial charge is 0.494 e. The number of aromatic amines is 1. The van der Waals surface area contributed by atoms with Gasteiger partial charge in [-0.15, -0.1) is 0 Å². The molecule has 0 aliphatic heterocycles. The summed E-state index contributed by atoms with van der Waals surface area (Å²) in [7, 11) is 0. The Kier molecular flexibility index (Phi) is 8.55. The molecule has 4 aromatic rings. The summed E-state index contributed by atoms with van der Waals surface area (Å²) < 4.78 is 5.11. The highest BCUT2D eigenvalue weighted by Crippen LogP contribution is 2.32. The van der Waals surface area contributed by atoms with Crippen molar-refractivity contribution in [1.82, 2.24) is 10.3 Å². The van der Waals surface area contributed by atoms with E-state index in [-0.39, 0.29) is 24.4 Å². The summed E-state index contributed by atoms with van der Waals surface area (Å²) in [6.45, 7) is 4.14. The number of benzene rings is 3. The van der Waals surface area contributed by atoms with E-state index < -0.39 is 5.97 Å². The van der Waals surface area contributed by atoms with Gasteiger partial charge in [0.1, 0.15) is 0 Å². The first-order valence-electron chi connectivity index (χ1n) is 12.6. The molecule has 1 amide bonds. The molecule has 0 saturated carbocycles. The summed E-state index contributed by atoms with van der Waals surface area (Å²) in [5.74, 6) is -0.507. The molecule has 0 aliphatic carbocycles. The zero-order chi connectivity index (χ0) is 27.1. The van der Waals surface area contributed by atoms with Gasteiger partial charge in [0, 0.05) is 36.0 Å². The second-order valence-corrected chi connectivity index (χ2v) is 8.98. The van der Waals surface area contributed by atoms with Crippen LogP contribution in [0.15, 0.2) is 77.8 Å². The Morgan fingerprint density at radius 2 is 1.79 bits per heavy atom. The minimum Gasteiger partial charge on any atom is -0.494 e. The van der Waals surface area contributed by atoms with Crippen LogP contribution in [0.5, 0.6) is 5.88 Å². The Hall–Kier alpha value is -4.43. The highest BCUT2D eigenvalue weighted by atomic mass is 16.5. The smallest absolute Gasteiger partial charge is 0.338 e. The van der Waals surface area contributed by atoms with Gasteiger partial charge < -0.3 is 25.9 Å². The van der Waals surface area contributed by atoms with E-state index in [2.05, 4.69) is 10.3 Å². The fraction of sp³-hybridized carbons (Fsp3) is 0.233. The maximum Gasteiger partial charge on any atom is 0.338 e. The third kappa shape index (κ3) is 6.27. The number of hydrogen-bond acceptors (Lipinski definition) is 6. The molecule has 0 spiro atoms. The molecular formula is C30H32N4O4. The van der Waals surface area contributed by atoms with E-state index in [0.717, 1.165) is 29.4 Å². The quantitative estimate of drug-likeness (QED) is 0.133. The van der Waals surface area contributed by atoms with E-state index in [9.17, 15) is 14.7 Å². The second kappa shape index (κ2) is 12.2. The van der Waals surface area contributed by atoms with Crippen LogP contribution < -0.4 is 11.1 Å². The first kappa shape index (κ1) is 26.6. The van der Waals surface area contributed by atoms with Gasteiger partial charge in [0.15, 0.2) is 5.88 Å². The lowest BCUT2D eigenvalue weighted by molar-refractivity contribution is -0.118. The molecule has 3 aromatic carbocycles. The van der Waals surface area contributed by atoms with Gasteiger partial charge in [-0.25, -0.2) is 9.79 Å². The predicted molar refractivity (Wildman–Crippen MR) is 149 cm³/mol. The number of ether oxygens (including phenoxy) is 1. The van der Waals surface area contributed by atoms with E-state index in [1.165, 1.54) is 6.92 Å². The van der Waals surface area contributed by atoms with Gasteiger partial charge >= 0.3 is 5.97 Å². The highest BCUT2D eigenvalue weighted by molar-refractivity contribution is 6.22. The monoisotopic (exact) mass is 512 g/mol. The van der Waals surface area contributed by atoms with E-state index in [4.69, 9.17) is 15.5 Å². The molecule has 4 rings (SSSR count). The lowest BCUT2D eigenvalue weighted by Gasteiger charge is -2.13. The molecule has 0 bridgehead atoms. The van der Waals surface area contributed by atoms with Gasteiger partial charge in [0.2, 0.25) is 5.91 Å². The summed E-state index contributed by atoms with van der Waals surface area (Å²) >= 11 is 0. The molecule has 0 radical (unpaired) electrons. The number of aromatic nitrogens is 1. The number of nitrogens with one attached hydrogen (secondary N) is 2. The average molecular weight is 513 g/mol. The second-order valence-electron chi connectivity index (χ2n) is 8.98. The average Bonchev–Trinajstić information content (AvgIpc) is 3.25. The maximum absolute atomic E-state index is 12.2. The Morgan fingerprint density at radius 3 is 2.47 bits per heavy atom. The lowest BCUT2D eigenvalue weighted by Crippen LogP contribution is -2.22. The summed E-state index contributed by atoms with van der Waals surface area (Å²) in [5.41, 5.74) is 11.0. The van der Waals surface area contributed by atoms with Gasteiger partial charge in [-0.05, 0) is 49.6 Å². The van der Waals surface area contributed by atoms with Crippen molar-refractivity contribution in [3.8, 4) is 5.88 Å². The molecule has 5 N–H and O–H groups in total. The lowest BCUT2D eigenvalue weighted by atomic mass is 9.99. The maximum atomic E-state index is 12.2. The van der Waals surface area contributed by atoms with E-state index in [0.29, 0.717) is 34.6 Å². The number of amides is 1. The Balaban J connectivity index is 1.67. The first-order chi connectivity index (χ1) is 18.4. The molecule has 8 heteroatoms. The molecule has 0 fully saturated rings. The number of esters is 1. The van der Waals surface area contributed by atoms with Crippen molar-refractivity contribution < 1.29 is 19.4 Å². The molecule has 196 valence electrons. The van der Waals surface area contributed by atoms with Gasteiger partial charge in [0.05, 0.1) is 29.1 Å². The Labute approximate surface area is 221 Å². The topological polar surface area (TPSA) is 130 Å². The minimum atomic E-state index is -0.421. The molecular weight excluding hydrogens is 480 g/mol. The summed E-state index contributed by atoms with van der Waals surface area (Å²) in [4.78, 5) is 31.1. The fourth-order valence-corrected chi connectivity index (χ4v) is 4.30. The van der Waals surface area contributed by atoms with Crippen LogP contribution in [0.1, 0.15) is 59.8 Å². The van der Waals surface area contributed by atoms with Crippen molar-refractivity contribution in [3.05, 3.63) is 95.1 Å². The standard InChI is InChI=1S/C30H32N4O4/c1-3-38-30(37)22-13-16-24-26(18-22)34-29(36)27(24)28(21-8-5-4-6-9-21)33-23-14-11-20(12-15-23)25(31)10-7-17-32-19(2)35/h4-6,8-9,11-16,18,25,34,36H,3,7,10,17,31H2,1-2H3,(H,32,35). The van der Waals surface area contributed by atoms with Crippen LogP contribution in [0.2, 0.25) is 0 Å². The van der Waals surface area contributed by atoms with Crippen molar-refractivity contribution in [1.29, 1.82) is 0 Å². The zero-order valence-electron chi connectivity index (χ0n) is 21.5. The number of nitrogens with two attached hydrogens (primary N) is 1. The zero-order valence-corrected chi connectivity index (χ0v) is 21.5. The number of aromatic hydroxyl groups is 1. The molecule has 1 atom stereocenters. The van der Waals surface area contributed by atoms with Crippen LogP contribution >= 0.6 is 0 Å². The Morgan fingerprint density at radius 1 is 1.05 bits per heavy atom. The fourth-order valence-electron chi connectivity index (χ4n) is 4.30. The van der Waals surface area contributed by atoms with Gasteiger partial charge in [-0.1, -0.05) is 48.5 Å². The minimum absolute atomic E-state index is 0.0403. The third-order valence-corrected chi connectivity index (χ3v) is 6.20.